The molecule has 1 saturated heterocycles. The summed E-state index contributed by atoms with van der Waals surface area (Å²) in [6.45, 7) is 5.53. The highest BCUT2D eigenvalue weighted by Gasteiger charge is 2.08. The molecule has 1 amide bonds. The maximum absolute atomic E-state index is 10.8. The van der Waals surface area contributed by atoms with E-state index in [0.29, 0.717) is 6.42 Å². The topological polar surface area (TPSA) is 70.4 Å². The predicted octanol–water partition coefficient (Wildman–Crippen LogP) is -0.948. The van der Waals surface area contributed by atoms with Crippen molar-refractivity contribution in [2.75, 3.05) is 32.7 Å². The van der Waals surface area contributed by atoms with E-state index >= 15 is 0 Å². The van der Waals surface area contributed by atoms with Crippen molar-refractivity contribution in [2.24, 2.45) is 5.84 Å². The number of nitrogens with zero attached hydrogens (tertiary/aromatic N) is 1. The Morgan fingerprint density at radius 2 is 2.07 bits per heavy atom. The molecule has 1 aliphatic rings. The van der Waals surface area contributed by atoms with E-state index in [1.807, 2.05) is 0 Å². The molecule has 0 bridgehead atoms. The van der Waals surface area contributed by atoms with Crippen LogP contribution in [0.1, 0.15) is 19.3 Å². The van der Waals surface area contributed by atoms with Crippen molar-refractivity contribution in [1.82, 2.24) is 15.6 Å². The highest BCUT2D eigenvalue weighted by atomic mass is 16.2. The second-order valence-corrected chi connectivity index (χ2v) is 3.62. The number of nitrogens with one attached hydrogen (secondary N) is 2. The largest absolute Gasteiger partial charge is 0.314 e. The number of hydrazine groups is 1. The molecule has 1 heterocycles. The Morgan fingerprint density at radius 3 is 2.71 bits per heavy atom. The van der Waals surface area contributed by atoms with Crippen molar-refractivity contribution in [1.29, 1.82) is 0 Å². The molecule has 1 rings (SSSR count). The highest BCUT2D eigenvalue weighted by molar-refractivity contribution is 5.74. The zero-order chi connectivity index (χ0) is 10.2. The third-order valence-corrected chi connectivity index (χ3v) is 2.50. The van der Waals surface area contributed by atoms with Gasteiger partial charge in [0, 0.05) is 32.6 Å². The second-order valence-electron chi connectivity index (χ2n) is 3.62. The Kier molecular flexibility index (Phi) is 5.51. The van der Waals surface area contributed by atoms with Gasteiger partial charge in [-0.05, 0) is 19.4 Å². The molecule has 5 heteroatoms. The van der Waals surface area contributed by atoms with E-state index < -0.39 is 0 Å². The number of amides is 1. The lowest BCUT2D eigenvalue weighted by Crippen LogP contribution is -2.43. The van der Waals surface area contributed by atoms with Crippen molar-refractivity contribution < 1.29 is 4.79 Å². The minimum absolute atomic E-state index is 0.0645. The molecule has 4 N–H and O–H groups in total. The number of carbonyl (C=O) groups excluding carboxylic acids is 1. The summed E-state index contributed by atoms with van der Waals surface area (Å²) in [5.41, 5.74) is 2.14. The molecule has 1 aliphatic heterocycles. The molecule has 0 spiro atoms. The third kappa shape index (κ3) is 4.55. The normalized spacial score (nSPS) is 18.1. The van der Waals surface area contributed by atoms with Gasteiger partial charge in [0.15, 0.2) is 0 Å². The van der Waals surface area contributed by atoms with Crippen LogP contribution in [0.3, 0.4) is 0 Å². The van der Waals surface area contributed by atoms with Crippen LogP contribution in [0.15, 0.2) is 0 Å². The number of rotatable bonds is 5. The Balaban J connectivity index is 1.94. The van der Waals surface area contributed by atoms with E-state index in [-0.39, 0.29) is 5.91 Å². The van der Waals surface area contributed by atoms with Gasteiger partial charge in [0.25, 0.3) is 0 Å². The Morgan fingerprint density at radius 1 is 1.36 bits per heavy atom. The quantitative estimate of drug-likeness (QED) is 0.232. The molecule has 5 nitrogen and oxygen atoms in total. The van der Waals surface area contributed by atoms with E-state index in [2.05, 4.69) is 15.6 Å². The van der Waals surface area contributed by atoms with Gasteiger partial charge in [-0.2, -0.15) is 0 Å². The van der Waals surface area contributed by atoms with E-state index in [0.717, 1.165) is 45.6 Å². The lowest BCUT2D eigenvalue weighted by atomic mass is 10.2. The van der Waals surface area contributed by atoms with Crippen molar-refractivity contribution in [3.63, 3.8) is 0 Å². The summed E-state index contributed by atoms with van der Waals surface area (Å²) < 4.78 is 0. The third-order valence-electron chi connectivity index (χ3n) is 2.50. The van der Waals surface area contributed by atoms with Crippen LogP contribution in [0.5, 0.6) is 0 Å². The van der Waals surface area contributed by atoms with Gasteiger partial charge in [-0.25, -0.2) is 5.84 Å². The van der Waals surface area contributed by atoms with Crippen molar-refractivity contribution in [3.05, 3.63) is 0 Å². The van der Waals surface area contributed by atoms with Crippen LogP contribution in [0.2, 0.25) is 0 Å². The van der Waals surface area contributed by atoms with Crippen LogP contribution in [0.25, 0.3) is 0 Å². The van der Waals surface area contributed by atoms with Crippen molar-refractivity contribution in [2.45, 2.75) is 19.3 Å². The fourth-order valence-electron chi connectivity index (χ4n) is 1.63. The highest BCUT2D eigenvalue weighted by Crippen LogP contribution is 1.99. The summed E-state index contributed by atoms with van der Waals surface area (Å²) in [5.74, 6) is 4.91. The smallest absolute Gasteiger partial charge is 0.233 e. The summed E-state index contributed by atoms with van der Waals surface area (Å²) in [4.78, 5) is 13.2. The van der Waals surface area contributed by atoms with E-state index in [9.17, 15) is 4.79 Å². The Hall–Kier alpha value is -0.650. The molecule has 0 saturated carbocycles. The molecule has 0 atom stereocenters. The lowest BCUT2D eigenvalue weighted by molar-refractivity contribution is -0.121. The molecule has 0 radical (unpaired) electrons. The van der Waals surface area contributed by atoms with Gasteiger partial charge in [0.2, 0.25) is 5.91 Å². The number of piperazine rings is 1. The summed E-state index contributed by atoms with van der Waals surface area (Å²) >= 11 is 0. The van der Waals surface area contributed by atoms with Crippen LogP contribution in [-0.4, -0.2) is 43.5 Å². The minimum Gasteiger partial charge on any atom is -0.314 e. The first-order chi connectivity index (χ1) is 6.83. The van der Waals surface area contributed by atoms with Crippen molar-refractivity contribution >= 4 is 5.91 Å². The first-order valence-corrected chi connectivity index (χ1v) is 5.25. The maximum atomic E-state index is 10.8. The zero-order valence-electron chi connectivity index (χ0n) is 8.59. The van der Waals surface area contributed by atoms with Gasteiger partial charge < -0.3 is 10.2 Å². The molecule has 82 valence electrons. The van der Waals surface area contributed by atoms with Crippen LogP contribution in [0, 0.1) is 0 Å². The summed E-state index contributed by atoms with van der Waals surface area (Å²) in [6.07, 6.45) is 2.54. The van der Waals surface area contributed by atoms with Gasteiger partial charge in [0.1, 0.15) is 0 Å². The average molecular weight is 200 g/mol. The van der Waals surface area contributed by atoms with Gasteiger partial charge in [0.05, 0.1) is 0 Å². The van der Waals surface area contributed by atoms with Crippen LogP contribution in [0.4, 0.5) is 0 Å². The minimum atomic E-state index is -0.0645. The molecule has 0 unspecified atom stereocenters. The van der Waals surface area contributed by atoms with Gasteiger partial charge in [-0.1, -0.05) is 0 Å². The number of nitrogens with two attached hydrogens (primary N) is 1. The summed E-state index contributed by atoms with van der Waals surface area (Å²) in [6, 6.07) is 0. The number of carbonyl (C=O) groups is 1. The fraction of sp³-hybridized carbons (Fsp3) is 0.889. The molecule has 0 aromatic carbocycles. The van der Waals surface area contributed by atoms with E-state index in [4.69, 9.17) is 5.84 Å². The SMILES string of the molecule is NNC(=O)CCCCN1CCNCC1. The molecule has 14 heavy (non-hydrogen) atoms. The summed E-state index contributed by atoms with van der Waals surface area (Å²) in [5, 5.41) is 3.31. The molecular weight excluding hydrogens is 180 g/mol. The second kappa shape index (κ2) is 6.75. The molecule has 1 fully saturated rings. The fourth-order valence-corrected chi connectivity index (χ4v) is 1.63. The Bertz CT molecular complexity index is 168. The monoisotopic (exact) mass is 200 g/mol. The molecular formula is C9H20N4O. The van der Waals surface area contributed by atoms with Gasteiger partial charge in [-0.3, -0.25) is 10.2 Å². The van der Waals surface area contributed by atoms with Crippen LogP contribution < -0.4 is 16.6 Å². The lowest BCUT2D eigenvalue weighted by Gasteiger charge is -2.26. The average Bonchev–Trinajstić information content (AvgIpc) is 2.25. The molecule has 0 aromatic heterocycles. The molecule has 0 aliphatic carbocycles. The van der Waals surface area contributed by atoms with Crippen LogP contribution >= 0.6 is 0 Å². The van der Waals surface area contributed by atoms with E-state index in [1.54, 1.807) is 0 Å². The Labute approximate surface area is 85.0 Å². The van der Waals surface area contributed by atoms with Gasteiger partial charge >= 0.3 is 0 Å². The standard InChI is InChI=1S/C9H20N4O/c10-12-9(14)3-1-2-6-13-7-4-11-5-8-13/h11H,1-8,10H2,(H,12,14). The maximum Gasteiger partial charge on any atom is 0.233 e. The first-order valence-electron chi connectivity index (χ1n) is 5.25. The number of hydrogen-bond donors (Lipinski definition) is 3. The van der Waals surface area contributed by atoms with Gasteiger partial charge in [-0.15, -0.1) is 0 Å². The number of unbranched alkanes of at least 4 members (excludes halogenated alkanes) is 1. The van der Waals surface area contributed by atoms with Crippen molar-refractivity contribution in [3.8, 4) is 0 Å². The predicted molar refractivity (Wildman–Crippen MR) is 55.5 cm³/mol. The molecule has 0 aromatic rings. The first kappa shape index (κ1) is 11.4. The summed E-state index contributed by atoms with van der Waals surface area (Å²) in [7, 11) is 0. The zero-order valence-corrected chi connectivity index (χ0v) is 8.59. The van der Waals surface area contributed by atoms with Crippen LogP contribution in [-0.2, 0) is 4.79 Å². The number of hydrogen-bond acceptors (Lipinski definition) is 4. The van der Waals surface area contributed by atoms with E-state index in [1.165, 1.54) is 0 Å².